The first-order chi connectivity index (χ1) is 14.2. The Balaban J connectivity index is 1.64. The molecule has 5 nitrogen and oxygen atoms in total. The Morgan fingerprint density at radius 2 is 1.90 bits per heavy atom. The van der Waals surface area contributed by atoms with Gasteiger partial charge in [-0.2, -0.15) is 0 Å². The summed E-state index contributed by atoms with van der Waals surface area (Å²) in [6.45, 7) is 6.32. The summed E-state index contributed by atoms with van der Waals surface area (Å²) in [5.41, 5.74) is 1.64. The number of carbonyl (C=O) groups is 1. The summed E-state index contributed by atoms with van der Waals surface area (Å²) >= 11 is 6.46. The third kappa shape index (κ3) is 6.20. The van der Waals surface area contributed by atoms with Crippen LogP contribution >= 0.6 is 11.6 Å². The van der Waals surface area contributed by atoms with E-state index in [0.29, 0.717) is 37.0 Å². The number of halogens is 1. The van der Waals surface area contributed by atoms with Crippen LogP contribution < -0.4 is 10.1 Å². The van der Waals surface area contributed by atoms with Crippen molar-refractivity contribution in [1.82, 2.24) is 10.2 Å². The van der Waals surface area contributed by atoms with Gasteiger partial charge in [-0.05, 0) is 42.3 Å². The number of nitrogens with zero attached hydrogens (tertiary/aromatic N) is 1. The average Bonchev–Trinajstić information content (AvgIpc) is 2.76. The van der Waals surface area contributed by atoms with Gasteiger partial charge in [0.2, 0.25) is 0 Å². The number of rotatable bonds is 9. The first-order valence-electron chi connectivity index (χ1n) is 10.3. The fourth-order valence-electron chi connectivity index (χ4n) is 3.40. The molecule has 2 aromatic rings. The zero-order chi connectivity index (χ0) is 20.5. The molecule has 1 aliphatic heterocycles. The van der Waals surface area contributed by atoms with Crippen LogP contribution in [0.5, 0.6) is 5.75 Å². The Bertz CT molecular complexity index is 776. The van der Waals surface area contributed by atoms with Gasteiger partial charge in [-0.25, -0.2) is 0 Å². The van der Waals surface area contributed by atoms with Crippen LogP contribution in [0.3, 0.4) is 0 Å². The highest BCUT2D eigenvalue weighted by molar-refractivity contribution is 6.31. The van der Waals surface area contributed by atoms with E-state index in [1.807, 2.05) is 36.4 Å². The van der Waals surface area contributed by atoms with Gasteiger partial charge in [0.25, 0.3) is 5.91 Å². The molecule has 2 aromatic carbocycles. The summed E-state index contributed by atoms with van der Waals surface area (Å²) in [6.07, 6.45) is 2.11. The molecule has 0 aliphatic carbocycles. The Labute approximate surface area is 177 Å². The lowest BCUT2D eigenvalue weighted by atomic mass is 10.0. The molecule has 0 unspecified atom stereocenters. The van der Waals surface area contributed by atoms with Crippen molar-refractivity contribution in [1.29, 1.82) is 0 Å². The van der Waals surface area contributed by atoms with Gasteiger partial charge in [-0.15, -0.1) is 0 Å². The van der Waals surface area contributed by atoms with Crippen LogP contribution in [-0.4, -0.2) is 50.3 Å². The number of hydrogen-bond donors (Lipinski definition) is 1. The van der Waals surface area contributed by atoms with Gasteiger partial charge in [-0.1, -0.05) is 43.1 Å². The van der Waals surface area contributed by atoms with Gasteiger partial charge in [0, 0.05) is 30.2 Å². The number of nitrogens with one attached hydrogen (secondary N) is 1. The van der Waals surface area contributed by atoms with Crippen LogP contribution in [0, 0.1) is 0 Å². The maximum absolute atomic E-state index is 12.7. The molecule has 1 atom stereocenters. The maximum Gasteiger partial charge on any atom is 0.251 e. The van der Waals surface area contributed by atoms with Crippen molar-refractivity contribution in [3.8, 4) is 5.75 Å². The van der Waals surface area contributed by atoms with Crippen molar-refractivity contribution in [2.75, 3.05) is 39.5 Å². The fourth-order valence-corrected chi connectivity index (χ4v) is 3.66. The predicted octanol–water partition coefficient (Wildman–Crippen LogP) is 4.32. The van der Waals surface area contributed by atoms with E-state index in [9.17, 15) is 4.79 Å². The van der Waals surface area contributed by atoms with Crippen molar-refractivity contribution < 1.29 is 14.3 Å². The molecule has 0 saturated carbocycles. The number of amides is 1. The molecule has 0 aromatic heterocycles. The van der Waals surface area contributed by atoms with Crippen molar-refractivity contribution in [2.45, 2.75) is 25.8 Å². The topological polar surface area (TPSA) is 50.8 Å². The van der Waals surface area contributed by atoms with E-state index < -0.39 is 0 Å². The minimum Gasteiger partial charge on any atom is -0.494 e. The van der Waals surface area contributed by atoms with E-state index in [4.69, 9.17) is 21.1 Å². The van der Waals surface area contributed by atoms with Gasteiger partial charge in [0.1, 0.15) is 5.75 Å². The zero-order valence-electron chi connectivity index (χ0n) is 16.9. The van der Waals surface area contributed by atoms with Crippen molar-refractivity contribution in [3.05, 3.63) is 64.7 Å². The maximum atomic E-state index is 12.7. The molecule has 1 saturated heterocycles. The molecule has 0 spiro atoms. The molecular weight excluding hydrogens is 388 g/mol. The van der Waals surface area contributed by atoms with E-state index in [0.717, 1.165) is 37.2 Å². The SMILES string of the molecule is CCCCOc1ccc(C(=O)NC[C@@H](c2ccccc2Cl)N2CCOCC2)cc1. The lowest BCUT2D eigenvalue weighted by Crippen LogP contribution is -2.44. The summed E-state index contributed by atoms with van der Waals surface area (Å²) in [5.74, 6) is 0.688. The molecule has 1 amide bonds. The van der Waals surface area contributed by atoms with E-state index in [2.05, 4.69) is 17.1 Å². The third-order valence-electron chi connectivity index (χ3n) is 5.09. The molecule has 1 fully saturated rings. The number of carbonyl (C=O) groups excluding carboxylic acids is 1. The van der Waals surface area contributed by atoms with Gasteiger partial charge in [0.05, 0.1) is 25.9 Å². The normalized spacial score (nSPS) is 15.7. The molecule has 29 heavy (non-hydrogen) atoms. The first-order valence-corrected chi connectivity index (χ1v) is 10.6. The molecule has 1 heterocycles. The molecule has 3 rings (SSSR count). The summed E-state index contributed by atoms with van der Waals surface area (Å²) in [5, 5.41) is 3.79. The lowest BCUT2D eigenvalue weighted by molar-refractivity contribution is 0.0162. The molecule has 6 heteroatoms. The van der Waals surface area contributed by atoms with Crippen LogP contribution in [0.1, 0.15) is 41.7 Å². The smallest absolute Gasteiger partial charge is 0.251 e. The number of hydrogen-bond acceptors (Lipinski definition) is 4. The number of unbranched alkanes of at least 4 members (excludes halogenated alkanes) is 1. The molecule has 0 bridgehead atoms. The van der Waals surface area contributed by atoms with Crippen molar-refractivity contribution in [2.24, 2.45) is 0 Å². The highest BCUT2D eigenvalue weighted by Gasteiger charge is 2.25. The van der Waals surface area contributed by atoms with Gasteiger partial charge < -0.3 is 14.8 Å². The molecular formula is C23H29ClN2O3. The highest BCUT2D eigenvalue weighted by Crippen LogP contribution is 2.28. The second kappa shape index (κ2) is 11.2. The van der Waals surface area contributed by atoms with Crippen LogP contribution in [0.4, 0.5) is 0 Å². The van der Waals surface area contributed by atoms with Crippen LogP contribution in [0.2, 0.25) is 5.02 Å². The number of morpholine rings is 1. The Kier molecular flexibility index (Phi) is 8.35. The average molecular weight is 417 g/mol. The second-order valence-electron chi connectivity index (χ2n) is 7.12. The lowest BCUT2D eigenvalue weighted by Gasteiger charge is -2.35. The number of ether oxygens (including phenoxy) is 2. The van der Waals surface area contributed by atoms with Crippen molar-refractivity contribution >= 4 is 17.5 Å². The Morgan fingerprint density at radius 1 is 1.17 bits per heavy atom. The van der Waals surface area contributed by atoms with Crippen LogP contribution in [-0.2, 0) is 4.74 Å². The quantitative estimate of drug-likeness (QED) is 0.618. The summed E-state index contributed by atoms with van der Waals surface area (Å²) in [7, 11) is 0. The minimum absolute atomic E-state index is 0.00759. The largest absolute Gasteiger partial charge is 0.494 e. The van der Waals surface area contributed by atoms with E-state index >= 15 is 0 Å². The zero-order valence-corrected chi connectivity index (χ0v) is 17.7. The second-order valence-corrected chi connectivity index (χ2v) is 7.53. The fraction of sp³-hybridized carbons (Fsp3) is 0.435. The van der Waals surface area contributed by atoms with Crippen LogP contribution in [0.25, 0.3) is 0 Å². The van der Waals surface area contributed by atoms with E-state index in [1.165, 1.54) is 0 Å². The van der Waals surface area contributed by atoms with E-state index in [-0.39, 0.29) is 11.9 Å². The first kappa shape index (κ1) is 21.6. The monoisotopic (exact) mass is 416 g/mol. The standard InChI is InChI=1S/C23H29ClN2O3/c1-2-3-14-29-19-10-8-18(9-11-19)23(27)25-17-22(26-12-15-28-16-13-26)20-6-4-5-7-21(20)24/h4-11,22H,2-3,12-17H2,1H3,(H,25,27)/t22-/m0/s1. The summed E-state index contributed by atoms with van der Waals surface area (Å²) < 4.78 is 11.1. The predicted molar refractivity (Wildman–Crippen MR) is 116 cm³/mol. The molecule has 156 valence electrons. The number of benzene rings is 2. The minimum atomic E-state index is -0.101. The summed E-state index contributed by atoms with van der Waals surface area (Å²) in [6, 6.07) is 15.1. The van der Waals surface area contributed by atoms with Crippen molar-refractivity contribution in [3.63, 3.8) is 0 Å². The highest BCUT2D eigenvalue weighted by atomic mass is 35.5. The Hall–Kier alpha value is -2.08. The Morgan fingerprint density at radius 3 is 2.59 bits per heavy atom. The summed E-state index contributed by atoms with van der Waals surface area (Å²) in [4.78, 5) is 15.0. The van der Waals surface area contributed by atoms with Gasteiger partial charge >= 0.3 is 0 Å². The molecule has 1 N–H and O–H groups in total. The van der Waals surface area contributed by atoms with Crippen LogP contribution in [0.15, 0.2) is 48.5 Å². The van der Waals surface area contributed by atoms with Gasteiger partial charge in [-0.3, -0.25) is 9.69 Å². The molecule has 0 radical (unpaired) electrons. The third-order valence-corrected chi connectivity index (χ3v) is 5.43. The molecule has 1 aliphatic rings. The van der Waals surface area contributed by atoms with Gasteiger partial charge in [0.15, 0.2) is 0 Å². The van der Waals surface area contributed by atoms with E-state index in [1.54, 1.807) is 12.1 Å².